The van der Waals surface area contributed by atoms with Crippen LogP contribution in [0, 0.1) is 0 Å². The summed E-state index contributed by atoms with van der Waals surface area (Å²) < 4.78 is 31.6. The highest BCUT2D eigenvalue weighted by atomic mass is 28.3. The van der Waals surface area contributed by atoms with Gasteiger partial charge in [-0.1, -0.05) is 19.6 Å². The number of benzene rings is 1. The van der Waals surface area contributed by atoms with E-state index in [9.17, 15) is 8.78 Å². The molecule has 1 aromatic rings. The molecule has 94 valence electrons. The first kappa shape index (κ1) is 13.7. The molecule has 17 heavy (non-hydrogen) atoms. The minimum atomic E-state index is -1.88. The normalized spacial score (nSPS) is 10.9. The van der Waals surface area contributed by atoms with Gasteiger partial charge >= 0.3 is 0 Å². The molecular formula is C12H17F2NOSi. The molecule has 0 aromatic heterocycles. The van der Waals surface area contributed by atoms with Crippen LogP contribution in [0.2, 0.25) is 19.6 Å². The zero-order chi connectivity index (χ0) is 13.1. The Morgan fingerprint density at radius 1 is 1.18 bits per heavy atom. The first-order chi connectivity index (χ1) is 7.84. The van der Waals surface area contributed by atoms with Gasteiger partial charge in [-0.15, -0.1) is 0 Å². The van der Waals surface area contributed by atoms with Crippen LogP contribution in [0.25, 0.3) is 0 Å². The predicted molar refractivity (Wildman–Crippen MR) is 69.1 cm³/mol. The van der Waals surface area contributed by atoms with Crippen LogP contribution in [-0.4, -0.2) is 15.3 Å². The number of methoxy groups -OCH3 is 1. The Labute approximate surface area is 102 Å². The van der Waals surface area contributed by atoms with Gasteiger partial charge in [-0.2, -0.15) is 8.78 Å². The van der Waals surface area contributed by atoms with E-state index in [1.807, 2.05) is 19.6 Å². The van der Waals surface area contributed by atoms with Crippen molar-refractivity contribution in [1.29, 1.82) is 0 Å². The number of hydrogen-bond acceptors (Lipinski definition) is 2. The largest absolute Gasteiger partial charge is 0.497 e. The summed E-state index contributed by atoms with van der Waals surface area (Å²) in [5.41, 5.74) is 0.762. The van der Waals surface area contributed by atoms with Crippen LogP contribution in [0.4, 0.5) is 14.5 Å². The second kappa shape index (κ2) is 5.31. The van der Waals surface area contributed by atoms with Gasteiger partial charge in [-0.25, -0.2) is 0 Å². The third kappa shape index (κ3) is 3.85. The van der Waals surface area contributed by atoms with Gasteiger partial charge in [0.15, 0.2) is 8.24 Å². The lowest BCUT2D eigenvalue weighted by Crippen LogP contribution is -2.42. The SMILES string of the molecule is COc1ccc(N(C=C(F)F)[Si](C)(C)C)cc1. The summed E-state index contributed by atoms with van der Waals surface area (Å²) in [6.45, 7) is 6.03. The van der Waals surface area contributed by atoms with Gasteiger partial charge in [-0.05, 0) is 24.3 Å². The number of hydrogen-bond donors (Lipinski definition) is 0. The van der Waals surface area contributed by atoms with Crippen LogP contribution in [0.5, 0.6) is 5.75 Å². The monoisotopic (exact) mass is 257 g/mol. The van der Waals surface area contributed by atoms with Gasteiger partial charge in [0.05, 0.1) is 13.3 Å². The summed E-state index contributed by atoms with van der Waals surface area (Å²) in [6.07, 6.45) is -0.767. The van der Waals surface area contributed by atoms with Gasteiger partial charge in [0.25, 0.3) is 6.08 Å². The molecule has 0 heterocycles. The number of rotatable bonds is 4. The Hall–Kier alpha value is -1.36. The first-order valence-corrected chi connectivity index (χ1v) is 8.75. The van der Waals surface area contributed by atoms with Crippen molar-refractivity contribution < 1.29 is 13.5 Å². The van der Waals surface area contributed by atoms with E-state index in [1.165, 1.54) is 0 Å². The number of anilines is 1. The fourth-order valence-electron chi connectivity index (χ4n) is 1.50. The van der Waals surface area contributed by atoms with E-state index in [2.05, 4.69) is 0 Å². The summed E-state index contributed by atoms with van der Waals surface area (Å²) in [5.74, 6) is 0.717. The van der Waals surface area contributed by atoms with E-state index in [0.29, 0.717) is 5.75 Å². The Kier molecular flexibility index (Phi) is 4.28. The van der Waals surface area contributed by atoms with E-state index in [1.54, 1.807) is 35.9 Å². The van der Waals surface area contributed by atoms with Gasteiger partial charge < -0.3 is 9.30 Å². The highest BCUT2D eigenvalue weighted by Crippen LogP contribution is 2.25. The van der Waals surface area contributed by atoms with Crippen molar-refractivity contribution >= 4 is 13.9 Å². The zero-order valence-electron chi connectivity index (χ0n) is 10.5. The van der Waals surface area contributed by atoms with Crippen molar-refractivity contribution in [2.45, 2.75) is 19.6 Å². The van der Waals surface area contributed by atoms with Crippen molar-refractivity contribution in [2.75, 3.05) is 11.7 Å². The molecule has 0 saturated heterocycles. The molecule has 0 amide bonds. The Bertz CT molecular complexity index is 394. The molecule has 5 heteroatoms. The topological polar surface area (TPSA) is 12.5 Å². The molecule has 0 unspecified atom stereocenters. The quantitative estimate of drug-likeness (QED) is 0.754. The molecule has 0 aliphatic rings. The van der Waals surface area contributed by atoms with Crippen molar-refractivity contribution in [2.24, 2.45) is 0 Å². The Balaban J connectivity index is 3.09. The van der Waals surface area contributed by atoms with Crippen LogP contribution in [0.3, 0.4) is 0 Å². The number of nitrogens with zero attached hydrogens (tertiary/aromatic N) is 1. The lowest BCUT2D eigenvalue weighted by molar-refractivity contribution is 0.415. The minimum Gasteiger partial charge on any atom is -0.497 e. The first-order valence-electron chi connectivity index (χ1n) is 5.31. The van der Waals surface area contributed by atoms with Crippen molar-refractivity contribution in [3.8, 4) is 5.75 Å². The highest BCUT2D eigenvalue weighted by Gasteiger charge is 2.23. The summed E-state index contributed by atoms with van der Waals surface area (Å²) in [4.78, 5) is 0. The van der Waals surface area contributed by atoms with E-state index in [0.717, 1.165) is 11.9 Å². The molecule has 0 fully saturated rings. The maximum atomic E-state index is 12.5. The summed E-state index contributed by atoms with van der Waals surface area (Å²) in [7, 11) is -0.306. The van der Waals surface area contributed by atoms with E-state index in [-0.39, 0.29) is 0 Å². The smallest absolute Gasteiger partial charge is 0.285 e. The molecule has 0 N–H and O–H groups in total. The lowest BCUT2D eigenvalue weighted by atomic mass is 10.3. The maximum absolute atomic E-state index is 12.5. The molecular weight excluding hydrogens is 240 g/mol. The average molecular weight is 257 g/mol. The second-order valence-corrected chi connectivity index (χ2v) is 9.48. The zero-order valence-corrected chi connectivity index (χ0v) is 11.5. The van der Waals surface area contributed by atoms with Crippen molar-refractivity contribution in [1.82, 2.24) is 0 Å². The number of ether oxygens (including phenoxy) is 1. The van der Waals surface area contributed by atoms with Crippen LogP contribution >= 0.6 is 0 Å². The molecule has 0 aliphatic heterocycles. The van der Waals surface area contributed by atoms with E-state index in [4.69, 9.17) is 4.74 Å². The summed E-state index contributed by atoms with van der Waals surface area (Å²) in [6, 6.07) is 7.12. The molecule has 0 spiro atoms. The van der Waals surface area contributed by atoms with E-state index >= 15 is 0 Å². The van der Waals surface area contributed by atoms with Crippen molar-refractivity contribution in [3.05, 3.63) is 36.5 Å². The predicted octanol–water partition coefficient (Wildman–Crippen LogP) is 4.07. The molecule has 0 saturated carbocycles. The molecule has 0 radical (unpaired) electrons. The molecule has 2 nitrogen and oxygen atoms in total. The number of halogens is 2. The summed E-state index contributed by atoms with van der Waals surface area (Å²) >= 11 is 0. The fraction of sp³-hybridized carbons (Fsp3) is 0.333. The van der Waals surface area contributed by atoms with Gasteiger partial charge in [0.2, 0.25) is 0 Å². The molecule has 0 bridgehead atoms. The minimum absolute atomic E-state index is 0.717. The van der Waals surface area contributed by atoms with Crippen molar-refractivity contribution in [3.63, 3.8) is 0 Å². The molecule has 0 atom stereocenters. The Morgan fingerprint density at radius 3 is 2.06 bits per heavy atom. The molecule has 0 aliphatic carbocycles. The fourth-order valence-corrected chi connectivity index (χ4v) is 2.90. The third-order valence-electron chi connectivity index (χ3n) is 2.30. The lowest BCUT2D eigenvalue weighted by Gasteiger charge is -2.32. The van der Waals surface area contributed by atoms with Crippen LogP contribution in [0.1, 0.15) is 0 Å². The van der Waals surface area contributed by atoms with Crippen LogP contribution in [-0.2, 0) is 0 Å². The molecule has 1 aromatic carbocycles. The molecule has 1 rings (SSSR count). The second-order valence-electron chi connectivity index (χ2n) is 4.66. The average Bonchev–Trinajstić information content (AvgIpc) is 2.24. The third-order valence-corrected chi connectivity index (χ3v) is 4.13. The van der Waals surface area contributed by atoms with Crippen LogP contribution in [0.15, 0.2) is 36.5 Å². The van der Waals surface area contributed by atoms with Gasteiger partial charge in [-0.3, -0.25) is 0 Å². The maximum Gasteiger partial charge on any atom is 0.285 e. The van der Waals surface area contributed by atoms with E-state index < -0.39 is 14.3 Å². The summed E-state index contributed by atoms with van der Waals surface area (Å²) in [5, 5.41) is 0. The highest BCUT2D eigenvalue weighted by molar-refractivity contribution is 6.80. The standard InChI is InChI=1S/C12H17F2NOSi/c1-16-11-7-5-10(6-8-11)15(9-12(13)14)17(2,3)4/h5-9H,1-4H3. The van der Waals surface area contributed by atoms with Gasteiger partial charge in [0.1, 0.15) is 5.75 Å². The van der Waals surface area contributed by atoms with Gasteiger partial charge in [0, 0.05) is 5.69 Å². The van der Waals surface area contributed by atoms with Crippen LogP contribution < -0.4 is 9.30 Å². The Morgan fingerprint density at radius 2 is 1.71 bits per heavy atom.